The first kappa shape index (κ1) is 14.2. The summed E-state index contributed by atoms with van der Waals surface area (Å²) in [5.41, 5.74) is 5.22. The van der Waals surface area contributed by atoms with Crippen LogP contribution < -0.4 is 10.6 Å². The van der Waals surface area contributed by atoms with Gasteiger partial charge in [-0.3, -0.25) is 5.41 Å². The van der Waals surface area contributed by atoms with Gasteiger partial charge in [0.25, 0.3) is 0 Å². The molecule has 0 aromatic carbocycles. The van der Waals surface area contributed by atoms with E-state index in [0.29, 0.717) is 0 Å². The molecule has 0 radical (unpaired) electrons. The predicted molar refractivity (Wildman–Crippen MR) is 58.4 cm³/mol. The molecule has 0 bridgehead atoms. The summed E-state index contributed by atoms with van der Waals surface area (Å²) in [4.78, 5) is 8.18. The molecular formula is C9H12F3N5O. The van der Waals surface area contributed by atoms with Crippen LogP contribution in [0.1, 0.15) is 5.69 Å². The summed E-state index contributed by atoms with van der Waals surface area (Å²) in [5.74, 6) is -0.594. The number of halogens is 3. The molecule has 1 aromatic heterocycles. The third kappa shape index (κ3) is 4.17. The molecule has 0 amide bonds. The van der Waals surface area contributed by atoms with Crippen LogP contribution in [0.5, 0.6) is 0 Å². The lowest BCUT2D eigenvalue weighted by Crippen LogP contribution is -2.37. The van der Waals surface area contributed by atoms with Gasteiger partial charge in [0.05, 0.1) is 6.61 Å². The predicted octanol–water partition coefficient (Wildman–Crippen LogP) is 0.122. The van der Waals surface area contributed by atoms with E-state index in [4.69, 9.17) is 16.2 Å². The number of nitrogens with one attached hydrogen (secondary N) is 1. The molecule has 0 unspecified atom stereocenters. The van der Waals surface area contributed by atoms with Crippen LogP contribution in [-0.4, -0.2) is 46.8 Å². The van der Waals surface area contributed by atoms with E-state index < -0.39 is 19.3 Å². The maximum atomic E-state index is 12.3. The fourth-order valence-corrected chi connectivity index (χ4v) is 1.24. The second-order valence-corrected chi connectivity index (χ2v) is 3.42. The highest BCUT2D eigenvalue weighted by atomic mass is 19.4. The van der Waals surface area contributed by atoms with Crippen LogP contribution >= 0.6 is 0 Å². The third-order valence-electron chi connectivity index (χ3n) is 1.94. The van der Waals surface area contributed by atoms with E-state index in [1.54, 1.807) is 0 Å². The van der Waals surface area contributed by atoms with E-state index in [1.807, 2.05) is 0 Å². The van der Waals surface area contributed by atoms with Crippen LogP contribution in [-0.2, 0) is 0 Å². The Balaban J connectivity index is 2.98. The largest absolute Gasteiger partial charge is 0.406 e. The quantitative estimate of drug-likeness (QED) is 0.517. The normalized spacial score (nSPS) is 11.3. The van der Waals surface area contributed by atoms with E-state index in [2.05, 4.69) is 9.97 Å². The molecule has 0 fully saturated rings. The zero-order valence-electron chi connectivity index (χ0n) is 9.28. The zero-order valence-corrected chi connectivity index (χ0v) is 9.28. The lowest BCUT2D eigenvalue weighted by atomic mass is 10.4. The van der Waals surface area contributed by atoms with Gasteiger partial charge in [-0.05, 0) is 6.07 Å². The first-order chi connectivity index (χ1) is 8.33. The number of alkyl halides is 3. The van der Waals surface area contributed by atoms with Gasteiger partial charge >= 0.3 is 6.18 Å². The zero-order chi connectivity index (χ0) is 13.8. The number of nitrogens with zero attached hydrogens (tertiary/aromatic N) is 3. The Bertz CT molecular complexity index is 423. The van der Waals surface area contributed by atoms with E-state index in [-0.39, 0.29) is 24.0 Å². The fraction of sp³-hybridized carbons (Fsp3) is 0.444. The van der Waals surface area contributed by atoms with Crippen LogP contribution in [0.15, 0.2) is 12.3 Å². The standard InChI is InChI=1S/C9H12F3N5O/c10-9(11,12)5-17(3-4-18)8-15-2-1-6(16-8)7(13)14/h1-2,18H,3-5H2,(H3,13,14). The SMILES string of the molecule is N=C(N)c1ccnc(N(CCO)CC(F)(F)F)n1. The highest BCUT2D eigenvalue weighted by molar-refractivity contribution is 5.93. The summed E-state index contributed by atoms with van der Waals surface area (Å²) in [6, 6.07) is 1.32. The lowest BCUT2D eigenvalue weighted by Gasteiger charge is -2.23. The highest BCUT2D eigenvalue weighted by Crippen LogP contribution is 2.19. The maximum absolute atomic E-state index is 12.3. The minimum atomic E-state index is -4.44. The monoisotopic (exact) mass is 263 g/mol. The summed E-state index contributed by atoms with van der Waals surface area (Å²) in [7, 11) is 0. The summed E-state index contributed by atoms with van der Waals surface area (Å²) in [6.45, 7) is -2.01. The van der Waals surface area contributed by atoms with Gasteiger partial charge in [-0.2, -0.15) is 13.2 Å². The molecule has 0 aliphatic rings. The first-order valence-corrected chi connectivity index (χ1v) is 4.93. The molecule has 18 heavy (non-hydrogen) atoms. The number of rotatable bonds is 5. The molecule has 9 heteroatoms. The number of nitrogens with two attached hydrogens (primary N) is 1. The van der Waals surface area contributed by atoms with Gasteiger partial charge < -0.3 is 15.7 Å². The molecule has 0 saturated heterocycles. The third-order valence-corrected chi connectivity index (χ3v) is 1.94. The van der Waals surface area contributed by atoms with Gasteiger partial charge in [-0.25, -0.2) is 9.97 Å². The van der Waals surface area contributed by atoms with Crippen molar-refractivity contribution in [3.05, 3.63) is 18.0 Å². The van der Waals surface area contributed by atoms with Crippen molar-refractivity contribution in [2.45, 2.75) is 6.18 Å². The van der Waals surface area contributed by atoms with Crippen molar-refractivity contribution in [3.63, 3.8) is 0 Å². The molecule has 100 valence electrons. The Kier molecular flexibility index (Phi) is 4.43. The summed E-state index contributed by atoms with van der Waals surface area (Å²) in [5, 5.41) is 15.9. The summed E-state index contributed by atoms with van der Waals surface area (Å²) in [6.07, 6.45) is -3.23. The van der Waals surface area contributed by atoms with Crippen molar-refractivity contribution >= 4 is 11.8 Å². The van der Waals surface area contributed by atoms with Crippen LogP contribution in [0.25, 0.3) is 0 Å². The molecule has 0 aliphatic carbocycles. The minimum Gasteiger partial charge on any atom is -0.395 e. The first-order valence-electron chi connectivity index (χ1n) is 4.93. The van der Waals surface area contributed by atoms with E-state index >= 15 is 0 Å². The van der Waals surface area contributed by atoms with Crippen LogP contribution in [0, 0.1) is 5.41 Å². The number of hydrogen-bond donors (Lipinski definition) is 3. The van der Waals surface area contributed by atoms with Crippen LogP contribution in [0.4, 0.5) is 19.1 Å². The number of amidine groups is 1. The Hall–Kier alpha value is -1.90. The van der Waals surface area contributed by atoms with Crippen molar-refractivity contribution in [2.24, 2.45) is 5.73 Å². The van der Waals surface area contributed by atoms with E-state index in [0.717, 1.165) is 4.90 Å². The molecule has 1 rings (SSSR count). The van der Waals surface area contributed by atoms with Gasteiger partial charge in [0.15, 0.2) is 0 Å². The Labute approximate surface area is 101 Å². The number of aliphatic hydroxyl groups excluding tert-OH is 1. The van der Waals surface area contributed by atoms with Gasteiger partial charge in [-0.15, -0.1) is 0 Å². The van der Waals surface area contributed by atoms with Gasteiger partial charge in [0.1, 0.15) is 18.1 Å². The molecule has 6 nitrogen and oxygen atoms in total. The Morgan fingerprint density at radius 3 is 2.67 bits per heavy atom. The summed E-state index contributed by atoms with van der Waals surface area (Å²) < 4.78 is 37.0. The van der Waals surface area contributed by atoms with Crippen molar-refractivity contribution < 1.29 is 18.3 Å². The van der Waals surface area contributed by atoms with Gasteiger partial charge in [-0.1, -0.05) is 0 Å². The van der Waals surface area contributed by atoms with E-state index in [9.17, 15) is 13.2 Å². The number of aromatic nitrogens is 2. The maximum Gasteiger partial charge on any atom is 0.406 e. The second-order valence-electron chi connectivity index (χ2n) is 3.42. The molecule has 4 N–H and O–H groups in total. The average Bonchev–Trinajstić information content (AvgIpc) is 2.27. The van der Waals surface area contributed by atoms with E-state index in [1.165, 1.54) is 12.3 Å². The molecular weight excluding hydrogens is 251 g/mol. The Morgan fingerprint density at radius 2 is 2.17 bits per heavy atom. The molecule has 1 aromatic rings. The fourth-order valence-electron chi connectivity index (χ4n) is 1.24. The minimum absolute atomic E-state index is 0.0325. The van der Waals surface area contributed by atoms with Crippen molar-refractivity contribution in [1.82, 2.24) is 9.97 Å². The molecule has 0 spiro atoms. The second kappa shape index (κ2) is 5.63. The molecule has 0 saturated carbocycles. The van der Waals surface area contributed by atoms with Crippen LogP contribution in [0.3, 0.4) is 0 Å². The smallest absolute Gasteiger partial charge is 0.395 e. The lowest BCUT2D eigenvalue weighted by molar-refractivity contribution is -0.120. The van der Waals surface area contributed by atoms with Gasteiger partial charge in [0.2, 0.25) is 5.95 Å². The van der Waals surface area contributed by atoms with Gasteiger partial charge in [0, 0.05) is 12.7 Å². The molecule has 0 aliphatic heterocycles. The Morgan fingerprint density at radius 1 is 1.50 bits per heavy atom. The highest BCUT2D eigenvalue weighted by Gasteiger charge is 2.31. The molecule has 0 atom stereocenters. The average molecular weight is 263 g/mol. The number of anilines is 1. The van der Waals surface area contributed by atoms with Crippen molar-refractivity contribution in [3.8, 4) is 0 Å². The molecule has 1 heterocycles. The number of aliphatic hydroxyl groups is 1. The van der Waals surface area contributed by atoms with Crippen molar-refractivity contribution in [2.75, 3.05) is 24.6 Å². The number of hydrogen-bond acceptors (Lipinski definition) is 5. The summed E-state index contributed by atoms with van der Waals surface area (Å²) >= 11 is 0. The topological polar surface area (TPSA) is 99.1 Å². The van der Waals surface area contributed by atoms with Crippen LogP contribution in [0.2, 0.25) is 0 Å². The van der Waals surface area contributed by atoms with Crippen molar-refractivity contribution in [1.29, 1.82) is 5.41 Å². The number of nitrogen functional groups attached to an aromatic ring is 1.